The van der Waals surface area contributed by atoms with Crippen molar-refractivity contribution in [1.82, 2.24) is 0 Å². The molecule has 3 nitrogen and oxygen atoms in total. The van der Waals surface area contributed by atoms with E-state index in [1.165, 1.54) is 0 Å². The number of halogens is 3. The number of nitrogens with one attached hydrogen (secondary N) is 1. The molecule has 0 spiro atoms. The second kappa shape index (κ2) is 8.23. The summed E-state index contributed by atoms with van der Waals surface area (Å²) in [6, 6.07) is 3.38. The molecule has 1 aromatic carbocycles. The van der Waals surface area contributed by atoms with E-state index in [1.54, 1.807) is 12.1 Å². The molecule has 1 rings (SSSR count). The monoisotopic (exact) mass is 380 g/mol. The summed E-state index contributed by atoms with van der Waals surface area (Å²) >= 11 is 15.5. The topological polar surface area (TPSA) is 55.1 Å². The molecule has 1 atom stereocenters. The lowest BCUT2D eigenvalue weighted by molar-refractivity contribution is -0.117. The van der Waals surface area contributed by atoms with E-state index in [0.29, 0.717) is 34.6 Å². The highest BCUT2D eigenvalue weighted by atomic mass is 79.9. The number of rotatable bonds is 6. The lowest BCUT2D eigenvalue weighted by atomic mass is 9.94. The molecule has 0 fully saturated rings. The van der Waals surface area contributed by atoms with Gasteiger partial charge < -0.3 is 11.1 Å². The first kappa shape index (κ1) is 17.8. The smallest absolute Gasteiger partial charge is 0.224 e. The molecule has 3 N–H and O–H groups in total. The summed E-state index contributed by atoms with van der Waals surface area (Å²) in [4.78, 5) is 12.1. The van der Waals surface area contributed by atoms with Gasteiger partial charge in [0.05, 0.1) is 15.7 Å². The van der Waals surface area contributed by atoms with Crippen LogP contribution in [-0.4, -0.2) is 12.5 Å². The van der Waals surface area contributed by atoms with Gasteiger partial charge in [0.25, 0.3) is 0 Å². The maximum atomic E-state index is 12.1. The van der Waals surface area contributed by atoms with Gasteiger partial charge >= 0.3 is 0 Å². The lowest BCUT2D eigenvalue weighted by Gasteiger charge is -2.17. The van der Waals surface area contributed by atoms with E-state index in [1.807, 2.05) is 0 Å². The van der Waals surface area contributed by atoms with Gasteiger partial charge in [-0.2, -0.15) is 0 Å². The van der Waals surface area contributed by atoms with Gasteiger partial charge in [-0.25, -0.2) is 0 Å². The number of amides is 1. The van der Waals surface area contributed by atoms with E-state index >= 15 is 0 Å². The molecule has 0 aliphatic rings. The Morgan fingerprint density at radius 1 is 1.35 bits per heavy atom. The van der Waals surface area contributed by atoms with Crippen molar-refractivity contribution in [3.63, 3.8) is 0 Å². The van der Waals surface area contributed by atoms with Crippen LogP contribution in [0.3, 0.4) is 0 Å². The summed E-state index contributed by atoms with van der Waals surface area (Å²) < 4.78 is 0.769. The summed E-state index contributed by atoms with van der Waals surface area (Å²) in [5.41, 5.74) is 6.15. The average Bonchev–Trinajstić information content (AvgIpc) is 2.32. The molecule has 1 aromatic rings. The molecule has 0 radical (unpaired) electrons. The molecule has 1 amide bonds. The van der Waals surface area contributed by atoms with Crippen molar-refractivity contribution in [3.8, 4) is 0 Å². The van der Waals surface area contributed by atoms with Gasteiger partial charge in [0.2, 0.25) is 5.91 Å². The van der Waals surface area contributed by atoms with E-state index in [0.717, 1.165) is 10.9 Å². The Kier molecular flexibility index (Phi) is 7.30. The van der Waals surface area contributed by atoms with E-state index in [2.05, 4.69) is 35.1 Å². The standard InChI is InChI=1S/C14H19BrCl2N2O/c1-8(2)3-9(7-18)4-13(20)19-14-11(16)5-10(15)6-12(14)17/h5-6,8-9H,3-4,7,18H2,1-2H3,(H,19,20)/t9-/m0/s1. The lowest BCUT2D eigenvalue weighted by Crippen LogP contribution is -2.23. The fourth-order valence-corrected chi connectivity index (χ4v) is 3.35. The maximum Gasteiger partial charge on any atom is 0.224 e. The minimum absolute atomic E-state index is 0.118. The summed E-state index contributed by atoms with van der Waals surface area (Å²) in [7, 11) is 0. The van der Waals surface area contributed by atoms with Crippen LogP contribution in [0.25, 0.3) is 0 Å². The predicted molar refractivity (Wildman–Crippen MR) is 89.4 cm³/mol. The van der Waals surface area contributed by atoms with Crippen molar-refractivity contribution in [1.29, 1.82) is 0 Å². The van der Waals surface area contributed by atoms with Crippen LogP contribution in [0.5, 0.6) is 0 Å². The highest BCUT2D eigenvalue weighted by Gasteiger charge is 2.16. The summed E-state index contributed by atoms with van der Waals surface area (Å²) in [6.07, 6.45) is 1.29. The van der Waals surface area contributed by atoms with E-state index in [-0.39, 0.29) is 11.8 Å². The van der Waals surface area contributed by atoms with Gasteiger partial charge in [-0.05, 0) is 36.9 Å². The van der Waals surface area contributed by atoms with Crippen LogP contribution in [0.2, 0.25) is 10.0 Å². The van der Waals surface area contributed by atoms with Crippen LogP contribution in [-0.2, 0) is 4.79 Å². The molecule has 0 saturated heterocycles. The van der Waals surface area contributed by atoms with Crippen molar-refractivity contribution in [2.45, 2.75) is 26.7 Å². The van der Waals surface area contributed by atoms with Crippen molar-refractivity contribution in [2.24, 2.45) is 17.6 Å². The number of benzene rings is 1. The van der Waals surface area contributed by atoms with Crippen LogP contribution in [0.4, 0.5) is 5.69 Å². The molecule has 0 saturated carbocycles. The Balaban J connectivity index is 2.71. The number of nitrogens with two attached hydrogens (primary N) is 1. The van der Waals surface area contributed by atoms with Gasteiger partial charge in [0.1, 0.15) is 0 Å². The predicted octanol–water partition coefficient (Wildman–Crippen LogP) is 4.71. The number of hydrogen-bond donors (Lipinski definition) is 2. The third-order valence-corrected chi connectivity index (χ3v) is 3.94. The largest absolute Gasteiger partial charge is 0.330 e. The maximum absolute atomic E-state index is 12.1. The zero-order chi connectivity index (χ0) is 15.3. The normalized spacial score (nSPS) is 12.6. The van der Waals surface area contributed by atoms with Crippen LogP contribution in [0, 0.1) is 11.8 Å². The molecule has 0 aromatic heterocycles. The fourth-order valence-electron chi connectivity index (χ4n) is 2.04. The molecule has 0 bridgehead atoms. The van der Waals surface area contributed by atoms with Gasteiger partial charge in [0.15, 0.2) is 0 Å². The van der Waals surface area contributed by atoms with Crippen molar-refractivity contribution in [3.05, 3.63) is 26.7 Å². The Bertz CT molecular complexity index is 457. The van der Waals surface area contributed by atoms with Gasteiger partial charge in [-0.3, -0.25) is 4.79 Å². The van der Waals surface area contributed by atoms with E-state index in [9.17, 15) is 4.79 Å². The van der Waals surface area contributed by atoms with Crippen molar-refractivity contribution >= 4 is 50.7 Å². The van der Waals surface area contributed by atoms with Crippen LogP contribution >= 0.6 is 39.1 Å². The first-order valence-electron chi connectivity index (χ1n) is 6.48. The third-order valence-electron chi connectivity index (χ3n) is 2.88. The molecule has 0 heterocycles. The van der Waals surface area contributed by atoms with Crippen LogP contribution in [0.1, 0.15) is 26.7 Å². The van der Waals surface area contributed by atoms with Gasteiger partial charge in [-0.15, -0.1) is 0 Å². The van der Waals surface area contributed by atoms with Crippen LogP contribution in [0.15, 0.2) is 16.6 Å². The summed E-state index contributed by atoms with van der Waals surface area (Å²) in [5.74, 6) is 0.562. The fraction of sp³-hybridized carbons (Fsp3) is 0.500. The Labute approximate surface area is 138 Å². The first-order valence-corrected chi connectivity index (χ1v) is 8.02. The number of carbonyl (C=O) groups excluding carboxylic acids is 1. The molecule has 0 aliphatic heterocycles. The van der Waals surface area contributed by atoms with Gasteiger partial charge in [0, 0.05) is 10.9 Å². The van der Waals surface area contributed by atoms with Crippen LogP contribution < -0.4 is 11.1 Å². The molecule has 20 heavy (non-hydrogen) atoms. The first-order chi connectivity index (χ1) is 9.33. The highest BCUT2D eigenvalue weighted by molar-refractivity contribution is 9.10. The zero-order valence-corrected chi connectivity index (χ0v) is 14.6. The van der Waals surface area contributed by atoms with E-state index in [4.69, 9.17) is 28.9 Å². The second-order valence-corrected chi connectivity index (χ2v) is 6.96. The quantitative estimate of drug-likeness (QED) is 0.749. The van der Waals surface area contributed by atoms with Crippen molar-refractivity contribution in [2.75, 3.05) is 11.9 Å². The molecule has 0 unspecified atom stereocenters. The highest BCUT2D eigenvalue weighted by Crippen LogP contribution is 2.34. The number of carbonyl (C=O) groups is 1. The van der Waals surface area contributed by atoms with Gasteiger partial charge in [-0.1, -0.05) is 53.0 Å². The Hall–Kier alpha value is -0.290. The summed E-state index contributed by atoms with van der Waals surface area (Å²) in [5, 5.41) is 3.58. The SMILES string of the molecule is CC(C)C[C@H](CN)CC(=O)Nc1c(Cl)cc(Br)cc1Cl. The molecule has 112 valence electrons. The molecule has 6 heteroatoms. The molecule has 0 aliphatic carbocycles. The number of hydrogen-bond acceptors (Lipinski definition) is 2. The molecular weight excluding hydrogens is 363 g/mol. The Morgan fingerprint density at radius 3 is 2.35 bits per heavy atom. The Morgan fingerprint density at radius 2 is 1.90 bits per heavy atom. The third kappa shape index (κ3) is 5.60. The van der Waals surface area contributed by atoms with E-state index < -0.39 is 0 Å². The average molecular weight is 382 g/mol. The number of anilines is 1. The minimum atomic E-state index is -0.118. The zero-order valence-electron chi connectivity index (χ0n) is 11.6. The molecular formula is C14H19BrCl2N2O. The minimum Gasteiger partial charge on any atom is -0.330 e. The van der Waals surface area contributed by atoms with Crippen molar-refractivity contribution < 1.29 is 4.79 Å². The summed E-state index contributed by atoms with van der Waals surface area (Å²) in [6.45, 7) is 4.72. The second-order valence-electron chi connectivity index (χ2n) is 5.23.